The Hall–Kier alpha value is -2.02. The molecule has 0 aliphatic rings. The highest BCUT2D eigenvalue weighted by molar-refractivity contribution is 7.87. The zero-order chi connectivity index (χ0) is 11.6. The fourth-order valence-corrected chi connectivity index (χ4v) is 1.95. The van der Waals surface area contributed by atoms with Crippen LogP contribution in [-0.4, -0.2) is 24.9 Å². The molecule has 0 unspecified atom stereocenters. The molecular weight excluding hydrogens is 232 g/mol. The maximum Gasteiger partial charge on any atom is 0.341 e. The largest absolute Gasteiger partial charge is 0.345 e. The van der Waals surface area contributed by atoms with Crippen LogP contribution in [0.2, 0.25) is 0 Å². The van der Waals surface area contributed by atoms with Crippen LogP contribution >= 0.6 is 0 Å². The van der Waals surface area contributed by atoms with E-state index in [-0.39, 0.29) is 11.4 Å². The summed E-state index contributed by atoms with van der Waals surface area (Å²) in [7, 11) is -4.03. The van der Waals surface area contributed by atoms with Crippen LogP contribution < -0.4 is 0 Å². The molecule has 0 amide bonds. The van der Waals surface area contributed by atoms with E-state index >= 15 is 0 Å². The molecule has 0 saturated heterocycles. The van der Waals surface area contributed by atoms with E-state index in [1.54, 1.807) is 0 Å². The number of rotatable bonds is 3. The maximum absolute atomic E-state index is 11.4. The molecule has 7 heteroatoms. The molecule has 1 aromatic heterocycles. The molecule has 0 bridgehead atoms. The smallest absolute Gasteiger partial charge is 0.341 e. The van der Waals surface area contributed by atoms with E-state index in [2.05, 4.69) is 14.2 Å². The summed E-state index contributed by atoms with van der Waals surface area (Å²) in [5.74, 6) is 0. The van der Waals surface area contributed by atoms with Gasteiger partial charge in [-0.15, -0.1) is 0 Å². The Labute approximate surface area is 91.0 Å². The second kappa shape index (κ2) is 3.86. The molecule has 0 saturated carbocycles. The molecule has 0 spiro atoms. The molecular formula is C9H6N2O4S. The van der Waals surface area contributed by atoms with Crippen molar-refractivity contribution in [1.82, 2.24) is 9.97 Å². The first kappa shape index (κ1) is 10.5. The molecule has 2 rings (SSSR count). The van der Waals surface area contributed by atoms with Gasteiger partial charge in [-0.05, 0) is 18.2 Å². The molecule has 0 aliphatic carbocycles. The normalized spacial score (nSPS) is 11.2. The van der Waals surface area contributed by atoms with Crippen molar-refractivity contribution in [2.45, 2.75) is 4.90 Å². The minimum atomic E-state index is -4.03. The summed E-state index contributed by atoms with van der Waals surface area (Å²) in [4.78, 5) is 17.6. The molecule has 82 valence electrons. The average Bonchev–Trinajstić information content (AvgIpc) is 2.28. The van der Waals surface area contributed by atoms with Gasteiger partial charge in [0.25, 0.3) is 0 Å². The molecule has 0 atom stereocenters. The number of benzene rings is 1. The lowest BCUT2D eigenvalue weighted by molar-refractivity contribution is -0.120. The average molecular weight is 238 g/mol. The Morgan fingerprint density at radius 3 is 2.88 bits per heavy atom. The summed E-state index contributed by atoms with van der Waals surface area (Å²) in [6, 6.07) is 4.17. The number of hydrogen-bond acceptors (Lipinski definition) is 6. The van der Waals surface area contributed by atoms with Crippen molar-refractivity contribution in [3.8, 4) is 0 Å². The van der Waals surface area contributed by atoms with Crippen LogP contribution in [0, 0.1) is 0 Å². The fraction of sp³-hybridized carbons (Fsp3) is 0. The summed E-state index contributed by atoms with van der Waals surface area (Å²) in [6.07, 6.45) is 2.83. The quantitative estimate of drug-likeness (QED) is 0.571. The van der Waals surface area contributed by atoms with Crippen LogP contribution in [0.15, 0.2) is 35.6 Å². The Morgan fingerprint density at radius 1 is 1.31 bits per heavy atom. The van der Waals surface area contributed by atoms with E-state index in [9.17, 15) is 13.2 Å². The first-order valence-corrected chi connectivity index (χ1v) is 5.61. The van der Waals surface area contributed by atoms with E-state index in [1.807, 2.05) is 0 Å². The van der Waals surface area contributed by atoms with Crippen LogP contribution in [0.25, 0.3) is 10.9 Å². The van der Waals surface area contributed by atoms with Gasteiger partial charge in [0.15, 0.2) is 0 Å². The summed E-state index contributed by atoms with van der Waals surface area (Å²) in [5, 5.41) is 0.554. The van der Waals surface area contributed by atoms with E-state index in [0.717, 1.165) is 0 Å². The summed E-state index contributed by atoms with van der Waals surface area (Å²) >= 11 is 0. The van der Waals surface area contributed by atoms with Crippen LogP contribution in [0.1, 0.15) is 0 Å². The van der Waals surface area contributed by atoms with Gasteiger partial charge >= 0.3 is 16.6 Å². The van der Waals surface area contributed by atoms with E-state index in [4.69, 9.17) is 0 Å². The van der Waals surface area contributed by atoms with Gasteiger partial charge in [-0.1, -0.05) is 0 Å². The SMILES string of the molecule is O=COS(=O)(=O)c1ccc2ncncc2c1. The van der Waals surface area contributed by atoms with Crippen LogP contribution in [0.5, 0.6) is 0 Å². The second-order valence-corrected chi connectivity index (χ2v) is 4.46. The standard InChI is InChI=1S/C9H6N2O4S/c12-6-15-16(13,14)8-1-2-9-7(3-8)4-10-5-11-9/h1-6H. The second-order valence-electron chi connectivity index (χ2n) is 2.89. The zero-order valence-electron chi connectivity index (χ0n) is 7.90. The van der Waals surface area contributed by atoms with E-state index < -0.39 is 10.1 Å². The number of carbonyl (C=O) groups excluding carboxylic acids is 1. The number of fused-ring (bicyclic) bond motifs is 1. The Morgan fingerprint density at radius 2 is 2.12 bits per heavy atom. The van der Waals surface area contributed by atoms with Gasteiger partial charge < -0.3 is 4.18 Å². The Balaban J connectivity index is 2.59. The Kier molecular flexibility index (Phi) is 2.53. The van der Waals surface area contributed by atoms with Crippen molar-refractivity contribution in [2.75, 3.05) is 0 Å². The van der Waals surface area contributed by atoms with Crippen LogP contribution in [-0.2, 0) is 19.1 Å². The highest BCUT2D eigenvalue weighted by atomic mass is 32.2. The molecule has 0 radical (unpaired) electrons. The third kappa shape index (κ3) is 1.84. The van der Waals surface area contributed by atoms with Crippen LogP contribution in [0.4, 0.5) is 0 Å². The molecule has 0 N–H and O–H groups in total. The van der Waals surface area contributed by atoms with Crippen molar-refractivity contribution in [3.63, 3.8) is 0 Å². The lowest BCUT2D eigenvalue weighted by Crippen LogP contribution is -2.04. The minimum absolute atomic E-state index is 0.109. The predicted molar refractivity (Wildman–Crippen MR) is 53.9 cm³/mol. The van der Waals surface area contributed by atoms with Crippen molar-refractivity contribution in [2.24, 2.45) is 0 Å². The fourth-order valence-electron chi connectivity index (χ4n) is 1.23. The minimum Gasteiger partial charge on any atom is -0.345 e. The Bertz CT molecular complexity index is 639. The first-order chi connectivity index (χ1) is 7.63. The molecule has 1 heterocycles. The van der Waals surface area contributed by atoms with Crippen molar-refractivity contribution in [1.29, 1.82) is 0 Å². The zero-order valence-corrected chi connectivity index (χ0v) is 8.72. The molecule has 2 aromatic rings. The van der Waals surface area contributed by atoms with Crippen LogP contribution in [0.3, 0.4) is 0 Å². The molecule has 0 aliphatic heterocycles. The summed E-state index contributed by atoms with van der Waals surface area (Å²) in [5.41, 5.74) is 0.611. The highest BCUT2D eigenvalue weighted by Gasteiger charge is 2.15. The topological polar surface area (TPSA) is 86.2 Å². The third-order valence-electron chi connectivity index (χ3n) is 1.93. The predicted octanol–water partition coefficient (Wildman–Crippen LogP) is 0.492. The lowest BCUT2D eigenvalue weighted by atomic mass is 10.2. The molecule has 6 nitrogen and oxygen atoms in total. The van der Waals surface area contributed by atoms with Crippen molar-refractivity contribution >= 4 is 27.5 Å². The van der Waals surface area contributed by atoms with Gasteiger partial charge in [-0.2, -0.15) is 8.42 Å². The third-order valence-corrected chi connectivity index (χ3v) is 3.09. The molecule has 1 aromatic carbocycles. The lowest BCUT2D eigenvalue weighted by Gasteiger charge is -2.01. The molecule has 16 heavy (non-hydrogen) atoms. The van der Waals surface area contributed by atoms with Gasteiger partial charge in [-0.3, -0.25) is 4.79 Å². The van der Waals surface area contributed by atoms with Gasteiger partial charge in [-0.25, -0.2) is 9.97 Å². The summed E-state index contributed by atoms with van der Waals surface area (Å²) < 4.78 is 26.8. The monoisotopic (exact) mass is 238 g/mol. The van der Waals surface area contributed by atoms with Gasteiger partial charge in [0.05, 0.1) is 5.52 Å². The van der Waals surface area contributed by atoms with E-state index in [1.165, 1.54) is 30.7 Å². The molecule has 0 fully saturated rings. The first-order valence-electron chi connectivity index (χ1n) is 4.20. The number of hydrogen-bond donors (Lipinski definition) is 0. The number of aromatic nitrogens is 2. The number of nitrogens with zero attached hydrogens (tertiary/aromatic N) is 2. The number of carbonyl (C=O) groups is 1. The highest BCUT2D eigenvalue weighted by Crippen LogP contribution is 2.17. The van der Waals surface area contributed by atoms with Crippen molar-refractivity contribution < 1.29 is 17.4 Å². The summed E-state index contributed by atoms with van der Waals surface area (Å²) in [6.45, 7) is -0.124. The maximum atomic E-state index is 11.4. The van der Waals surface area contributed by atoms with Gasteiger partial charge in [0.2, 0.25) is 0 Å². The van der Waals surface area contributed by atoms with Gasteiger partial charge in [0, 0.05) is 11.6 Å². The van der Waals surface area contributed by atoms with Gasteiger partial charge in [0.1, 0.15) is 11.2 Å². The van der Waals surface area contributed by atoms with Crippen molar-refractivity contribution in [3.05, 3.63) is 30.7 Å². The van der Waals surface area contributed by atoms with E-state index in [0.29, 0.717) is 10.9 Å².